The third kappa shape index (κ3) is 8.82. The quantitative estimate of drug-likeness (QED) is 0.387. The fourth-order valence-corrected chi connectivity index (χ4v) is 0.781. The topological polar surface area (TPSA) is 105 Å². The number of amides is 3. The summed E-state index contributed by atoms with van der Waals surface area (Å²) in [4.78, 5) is 20.6. The number of nitrogens with two attached hydrogens (primary N) is 1. The minimum atomic E-state index is -0.565. The monoisotopic (exact) mass is 230 g/mol. The molecule has 0 aromatic heterocycles. The predicted molar refractivity (Wildman–Crippen MR) is 59.7 cm³/mol. The molecule has 0 spiro atoms. The highest BCUT2D eigenvalue weighted by molar-refractivity contribution is 5.75. The zero-order chi connectivity index (χ0) is 12.4. The van der Waals surface area contributed by atoms with Gasteiger partial charge in [-0.25, -0.2) is 9.59 Å². The van der Waals surface area contributed by atoms with Gasteiger partial charge in [0.2, 0.25) is 0 Å². The lowest BCUT2D eigenvalue weighted by atomic mass is 10.6. The number of ether oxygens (including phenoxy) is 1. The SMILES string of the molecule is C=CCNC(=O)OC(C)N.O=C1NCCN1. The summed E-state index contributed by atoms with van der Waals surface area (Å²) in [5.41, 5.74) is 5.16. The maximum atomic E-state index is 10.6. The Bertz CT molecular complexity index is 235. The number of alkyl carbamates (subject to hydrolysis) is 1. The molecule has 0 saturated carbocycles. The number of hydrogen-bond acceptors (Lipinski definition) is 4. The Morgan fingerprint density at radius 2 is 2.25 bits per heavy atom. The van der Waals surface area contributed by atoms with Gasteiger partial charge in [0.25, 0.3) is 0 Å². The van der Waals surface area contributed by atoms with Crippen LogP contribution in [-0.2, 0) is 4.74 Å². The third-order valence-corrected chi connectivity index (χ3v) is 1.38. The van der Waals surface area contributed by atoms with Crippen LogP contribution in [0.3, 0.4) is 0 Å². The van der Waals surface area contributed by atoms with Gasteiger partial charge in [0.05, 0.1) is 0 Å². The van der Waals surface area contributed by atoms with Crippen LogP contribution >= 0.6 is 0 Å². The van der Waals surface area contributed by atoms with Crippen molar-refractivity contribution in [1.82, 2.24) is 16.0 Å². The fourth-order valence-electron chi connectivity index (χ4n) is 0.781. The number of hydrogen-bond donors (Lipinski definition) is 4. The van der Waals surface area contributed by atoms with E-state index in [-0.39, 0.29) is 6.03 Å². The summed E-state index contributed by atoms with van der Waals surface area (Å²) in [6, 6.07) is -0.0463. The number of rotatable bonds is 3. The molecule has 16 heavy (non-hydrogen) atoms. The molecule has 0 aliphatic carbocycles. The lowest BCUT2D eigenvalue weighted by Gasteiger charge is -2.06. The molecule has 0 aromatic rings. The van der Waals surface area contributed by atoms with E-state index >= 15 is 0 Å². The van der Waals surface area contributed by atoms with E-state index < -0.39 is 12.3 Å². The van der Waals surface area contributed by atoms with Crippen molar-refractivity contribution in [1.29, 1.82) is 0 Å². The molecular formula is C9H18N4O3. The first-order chi connectivity index (χ1) is 7.56. The average molecular weight is 230 g/mol. The van der Waals surface area contributed by atoms with E-state index in [1.54, 1.807) is 13.0 Å². The van der Waals surface area contributed by atoms with Crippen molar-refractivity contribution >= 4 is 12.1 Å². The molecule has 92 valence electrons. The highest BCUT2D eigenvalue weighted by Crippen LogP contribution is 1.80. The zero-order valence-corrected chi connectivity index (χ0v) is 9.29. The van der Waals surface area contributed by atoms with Gasteiger partial charge in [-0.2, -0.15) is 0 Å². The Balaban J connectivity index is 0.000000315. The van der Waals surface area contributed by atoms with Crippen molar-refractivity contribution in [3.8, 4) is 0 Å². The molecule has 1 unspecified atom stereocenters. The van der Waals surface area contributed by atoms with Crippen LogP contribution in [0.1, 0.15) is 6.92 Å². The molecule has 1 rings (SSSR count). The molecule has 1 aliphatic heterocycles. The molecule has 3 amide bonds. The van der Waals surface area contributed by atoms with Crippen LogP contribution in [0.5, 0.6) is 0 Å². The minimum Gasteiger partial charge on any atom is -0.431 e. The molecule has 1 fully saturated rings. The maximum Gasteiger partial charge on any atom is 0.408 e. The van der Waals surface area contributed by atoms with Crippen LogP contribution in [0.4, 0.5) is 9.59 Å². The van der Waals surface area contributed by atoms with Crippen LogP contribution in [-0.4, -0.2) is 38.0 Å². The maximum absolute atomic E-state index is 10.6. The van der Waals surface area contributed by atoms with Crippen molar-refractivity contribution < 1.29 is 14.3 Å². The van der Waals surface area contributed by atoms with Gasteiger partial charge in [0, 0.05) is 19.6 Å². The van der Waals surface area contributed by atoms with Crippen molar-refractivity contribution in [2.24, 2.45) is 5.73 Å². The van der Waals surface area contributed by atoms with Crippen molar-refractivity contribution in [3.63, 3.8) is 0 Å². The van der Waals surface area contributed by atoms with Crippen molar-refractivity contribution in [2.45, 2.75) is 13.2 Å². The Hall–Kier alpha value is -1.76. The molecule has 7 heteroatoms. The first-order valence-corrected chi connectivity index (χ1v) is 4.89. The number of carbonyl (C=O) groups excluding carboxylic acids is 2. The molecule has 7 nitrogen and oxygen atoms in total. The second-order valence-electron chi connectivity index (χ2n) is 2.96. The molecule has 1 saturated heterocycles. The standard InChI is InChI=1S/C6H12N2O2.C3H6N2O/c1-3-4-8-6(9)10-5(2)7;6-3-4-1-2-5-3/h3,5H,1,4,7H2,2H3,(H,8,9);1-2H2,(H2,4,5,6). The number of carbonyl (C=O) groups is 2. The van der Waals surface area contributed by atoms with Crippen molar-refractivity contribution in [3.05, 3.63) is 12.7 Å². The van der Waals surface area contributed by atoms with Gasteiger partial charge in [-0.3, -0.25) is 5.73 Å². The van der Waals surface area contributed by atoms with Crippen LogP contribution in [0.2, 0.25) is 0 Å². The average Bonchev–Trinajstić information content (AvgIpc) is 2.66. The van der Waals surface area contributed by atoms with Gasteiger partial charge in [-0.1, -0.05) is 6.08 Å². The third-order valence-electron chi connectivity index (χ3n) is 1.38. The van der Waals surface area contributed by atoms with E-state index in [1.165, 1.54) is 0 Å². The molecule has 5 N–H and O–H groups in total. The van der Waals surface area contributed by atoms with Crippen molar-refractivity contribution in [2.75, 3.05) is 19.6 Å². The summed E-state index contributed by atoms with van der Waals surface area (Å²) in [6.45, 7) is 6.93. The largest absolute Gasteiger partial charge is 0.431 e. The van der Waals surface area contributed by atoms with E-state index in [1.807, 2.05) is 0 Å². The minimum absolute atomic E-state index is 0.0463. The molecule has 0 aromatic carbocycles. The molecule has 1 aliphatic rings. The van der Waals surface area contributed by atoms with Crippen LogP contribution in [0.15, 0.2) is 12.7 Å². The zero-order valence-electron chi connectivity index (χ0n) is 9.29. The first-order valence-electron chi connectivity index (χ1n) is 4.89. The summed E-state index contributed by atoms with van der Waals surface area (Å²) in [6.07, 6.45) is 0.474. The molecule has 1 heterocycles. The van der Waals surface area contributed by atoms with E-state index in [0.29, 0.717) is 6.54 Å². The molecule has 0 radical (unpaired) electrons. The first kappa shape index (κ1) is 14.2. The number of nitrogens with one attached hydrogen (secondary N) is 3. The Morgan fingerprint density at radius 3 is 2.56 bits per heavy atom. The molecule has 0 bridgehead atoms. The summed E-state index contributed by atoms with van der Waals surface area (Å²) < 4.78 is 4.53. The van der Waals surface area contributed by atoms with Crippen LogP contribution < -0.4 is 21.7 Å². The van der Waals surface area contributed by atoms with Gasteiger partial charge >= 0.3 is 12.1 Å². The van der Waals surface area contributed by atoms with Crippen LogP contribution in [0.25, 0.3) is 0 Å². The van der Waals surface area contributed by atoms with Gasteiger partial charge in [-0.15, -0.1) is 6.58 Å². The van der Waals surface area contributed by atoms with E-state index in [4.69, 9.17) is 5.73 Å². The van der Waals surface area contributed by atoms with Gasteiger partial charge in [0.1, 0.15) is 6.23 Å². The Morgan fingerprint density at radius 1 is 1.69 bits per heavy atom. The molecule has 1 atom stereocenters. The van der Waals surface area contributed by atoms with Gasteiger partial charge in [-0.05, 0) is 6.92 Å². The Kier molecular flexibility index (Phi) is 7.60. The lowest BCUT2D eigenvalue weighted by molar-refractivity contribution is 0.111. The summed E-state index contributed by atoms with van der Waals surface area (Å²) in [7, 11) is 0. The second kappa shape index (κ2) is 8.54. The Labute approximate surface area is 94.4 Å². The number of urea groups is 1. The smallest absolute Gasteiger partial charge is 0.408 e. The van der Waals surface area contributed by atoms with Crippen LogP contribution in [0, 0.1) is 0 Å². The van der Waals surface area contributed by atoms with Gasteiger partial charge < -0.3 is 20.7 Å². The normalized spacial score (nSPS) is 14.8. The van der Waals surface area contributed by atoms with E-state index in [2.05, 4.69) is 27.3 Å². The van der Waals surface area contributed by atoms with E-state index in [9.17, 15) is 9.59 Å². The highest BCUT2D eigenvalue weighted by atomic mass is 16.6. The predicted octanol–water partition coefficient (Wildman–Crippen LogP) is -0.497. The molecular weight excluding hydrogens is 212 g/mol. The second-order valence-corrected chi connectivity index (χ2v) is 2.96. The summed E-state index contributed by atoms with van der Waals surface area (Å²) >= 11 is 0. The van der Waals surface area contributed by atoms with E-state index in [0.717, 1.165) is 13.1 Å². The fraction of sp³-hybridized carbons (Fsp3) is 0.556. The lowest BCUT2D eigenvalue weighted by Crippen LogP contribution is -2.31. The summed E-state index contributed by atoms with van der Waals surface area (Å²) in [5.74, 6) is 0. The summed E-state index contributed by atoms with van der Waals surface area (Å²) in [5, 5.41) is 7.54. The van der Waals surface area contributed by atoms with Gasteiger partial charge in [0.15, 0.2) is 0 Å². The highest BCUT2D eigenvalue weighted by Gasteiger charge is 2.03.